The first-order valence-electron chi connectivity index (χ1n) is 9.56. The molecule has 0 bridgehead atoms. The van der Waals surface area contributed by atoms with Gasteiger partial charge in [-0.05, 0) is 17.7 Å². The van der Waals surface area contributed by atoms with Crippen molar-refractivity contribution in [1.29, 1.82) is 0 Å². The van der Waals surface area contributed by atoms with E-state index in [2.05, 4.69) is 46.6 Å². The quantitative estimate of drug-likeness (QED) is 0.543. The summed E-state index contributed by atoms with van der Waals surface area (Å²) in [7, 11) is 3.52. The summed E-state index contributed by atoms with van der Waals surface area (Å²) in [6.07, 6.45) is 2.51. The third kappa shape index (κ3) is 6.68. The summed E-state index contributed by atoms with van der Waals surface area (Å²) in [5.74, 6) is 0.636. The highest BCUT2D eigenvalue weighted by molar-refractivity contribution is 5.86. The number of carbonyl (C=O) groups is 1. The lowest BCUT2D eigenvalue weighted by Gasteiger charge is -2.27. The van der Waals surface area contributed by atoms with E-state index in [9.17, 15) is 4.79 Å². The van der Waals surface area contributed by atoms with Crippen molar-refractivity contribution < 1.29 is 4.79 Å². The predicted molar refractivity (Wildman–Crippen MR) is 114 cm³/mol. The fourth-order valence-corrected chi connectivity index (χ4v) is 2.76. The molecule has 1 amide bonds. The van der Waals surface area contributed by atoms with Gasteiger partial charge in [0.2, 0.25) is 5.91 Å². The van der Waals surface area contributed by atoms with Crippen LogP contribution in [-0.4, -0.2) is 55.5 Å². The van der Waals surface area contributed by atoms with Crippen molar-refractivity contribution in [3.8, 4) is 0 Å². The summed E-state index contributed by atoms with van der Waals surface area (Å²) in [6.45, 7) is 5.90. The van der Waals surface area contributed by atoms with Crippen LogP contribution >= 0.6 is 0 Å². The molecule has 0 fully saturated rings. The highest BCUT2D eigenvalue weighted by Crippen LogP contribution is 2.21. The van der Waals surface area contributed by atoms with E-state index in [0.29, 0.717) is 19.0 Å². The van der Waals surface area contributed by atoms with E-state index in [-0.39, 0.29) is 17.9 Å². The summed E-state index contributed by atoms with van der Waals surface area (Å²) in [5, 5.41) is 6.42. The molecule has 28 heavy (non-hydrogen) atoms. The number of likely N-dealkylation sites (N-methyl/N-ethyl adjacent to an activating group) is 1. The average Bonchev–Trinajstić information content (AvgIpc) is 2.73. The number of amides is 1. The van der Waals surface area contributed by atoms with Crippen molar-refractivity contribution in [1.82, 2.24) is 20.5 Å². The van der Waals surface area contributed by atoms with E-state index in [1.54, 1.807) is 18.1 Å². The molecule has 0 saturated heterocycles. The Morgan fingerprint density at radius 2 is 1.82 bits per heavy atom. The normalized spacial score (nSPS) is 11.8. The molecule has 1 heterocycles. The number of rotatable bonds is 8. The van der Waals surface area contributed by atoms with Crippen LogP contribution in [0, 0.1) is 0 Å². The molecule has 6 heteroatoms. The van der Waals surface area contributed by atoms with Crippen LogP contribution < -0.4 is 10.6 Å². The van der Waals surface area contributed by atoms with Crippen LogP contribution in [0.15, 0.2) is 59.7 Å². The molecule has 6 nitrogen and oxygen atoms in total. The van der Waals surface area contributed by atoms with E-state index in [1.807, 2.05) is 43.4 Å². The molecular formula is C22H31N5O. The van der Waals surface area contributed by atoms with Gasteiger partial charge in [0, 0.05) is 50.9 Å². The third-order valence-corrected chi connectivity index (χ3v) is 4.74. The van der Waals surface area contributed by atoms with Gasteiger partial charge in [-0.15, -0.1) is 0 Å². The first-order valence-corrected chi connectivity index (χ1v) is 9.56. The third-order valence-electron chi connectivity index (χ3n) is 4.74. The molecule has 0 aliphatic rings. The topological polar surface area (TPSA) is 69.6 Å². The fourth-order valence-electron chi connectivity index (χ4n) is 2.76. The molecule has 0 unspecified atom stereocenters. The zero-order valence-corrected chi connectivity index (χ0v) is 17.3. The highest BCUT2D eigenvalue weighted by Gasteiger charge is 2.20. The van der Waals surface area contributed by atoms with Gasteiger partial charge in [-0.2, -0.15) is 0 Å². The van der Waals surface area contributed by atoms with Gasteiger partial charge in [0.05, 0.1) is 6.54 Å². The van der Waals surface area contributed by atoms with Crippen molar-refractivity contribution in [2.75, 3.05) is 33.7 Å². The Bertz CT molecular complexity index is 759. The van der Waals surface area contributed by atoms with E-state index in [1.165, 1.54) is 5.56 Å². The molecule has 2 N–H and O–H groups in total. The van der Waals surface area contributed by atoms with Crippen LogP contribution in [0.3, 0.4) is 0 Å². The maximum Gasteiger partial charge on any atom is 0.241 e. The summed E-state index contributed by atoms with van der Waals surface area (Å²) < 4.78 is 0. The van der Waals surface area contributed by atoms with Gasteiger partial charge in [0.1, 0.15) is 0 Å². The SMILES string of the molecule is CN=C(NCC(=O)N(C)CCc1ccccn1)NCC(C)(C)c1ccccc1. The fraction of sp³-hybridized carbons (Fsp3) is 0.409. The zero-order chi connectivity index (χ0) is 20.4. The molecule has 0 radical (unpaired) electrons. The van der Waals surface area contributed by atoms with Crippen molar-refractivity contribution in [2.45, 2.75) is 25.7 Å². The standard InChI is InChI=1S/C22H31N5O/c1-22(2,18-10-6-5-7-11-18)17-26-21(23-3)25-16-20(28)27(4)15-13-19-12-8-9-14-24-19/h5-12,14H,13,15-17H2,1-4H3,(H2,23,25,26). The van der Waals surface area contributed by atoms with Crippen LogP contribution in [0.4, 0.5) is 0 Å². The Balaban J connectivity index is 1.77. The van der Waals surface area contributed by atoms with Crippen molar-refractivity contribution in [3.63, 3.8) is 0 Å². The van der Waals surface area contributed by atoms with Crippen LogP contribution in [0.1, 0.15) is 25.1 Å². The number of nitrogens with zero attached hydrogens (tertiary/aromatic N) is 3. The molecule has 2 rings (SSSR count). The Morgan fingerprint density at radius 1 is 1.11 bits per heavy atom. The minimum Gasteiger partial charge on any atom is -0.356 e. The molecule has 2 aromatic rings. The van der Waals surface area contributed by atoms with Crippen molar-refractivity contribution >= 4 is 11.9 Å². The lowest BCUT2D eigenvalue weighted by Crippen LogP contribution is -2.47. The van der Waals surface area contributed by atoms with Crippen LogP contribution in [-0.2, 0) is 16.6 Å². The van der Waals surface area contributed by atoms with Crippen LogP contribution in [0.2, 0.25) is 0 Å². The Kier molecular flexibility index (Phi) is 7.99. The molecule has 0 aliphatic carbocycles. The van der Waals surface area contributed by atoms with Gasteiger partial charge in [-0.3, -0.25) is 14.8 Å². The monoisotopic (exact) mass is 381 g/mol. The first kappa shape index (κ1) is 21.4. The zero-order valence-electron chi connectivity index (χ0n) is 17.3. The molecule has 0 aliphatic heterocycles. The molecule has 0 saturated carbocycles. The molecule has 0 atom stereocenters. The van der Waals surface area contributed by atoms with Gasteiger partial charge in [-0.1, -0.05) is 50.2 Å². The molecular weight excluding hydrogens is 350 g/mol. The van der Waals surface area contributed by atoms with Crippen molar-refractivity contribution in [2.24, 2.45) is 4.99 Å². The average molecular weight is 382 g/mol. The minimum absolute atomic E-state index is 0.0150. The highest BCUT2D eigenvalue weighted by atomic mass is 16.2. The van der Waals surface area contributed by atoms with E-state index in [0.717, 1.165) is 12.1 Å². The second-order valence-electron chi connectivity index (χ2n) is 7.42. The minimum atomic E-state index is -0.0532. The number of aromatic nitrogens is 1. The number of aliphatic imine (C=N–C) groups is 1. The molecule has 1 aromatic heterocycles. The summed E-state index contributed by atoms with van der Waals surface area (Å²) in [5.41, 5.74) is 2.18. The van der Waals surface area contributed by atoms with Gasteiger partial charge in [0.25, 0.3) is 0 Å². The van der Waals surface area contributed by atoms with Crippen LogP contribution in [0.25, 0.3) is 0 Å². The van der Waals surface area contributed by atoms with Crippen molar-refractivity contribution in [3.05, 3.63) is 66.0 Å². The second kappa shape index (κ2) is 10.4. The molecule has 0 spiro atoms. The number of hydrogen-bond acceptors (Lipinski definition) is 3. The number of nitrogens with one attached hydrogen (secondary N) is 2. The first-order chi connectivity index (χ1) is 13.4. The maximum absolute atomic E-state index is 12.4. The summed E-state index contributed by atoms with van der Waals surface area (Å²) >= 11 is 0. The number of pyridine rings is 1. The Hall–Kier alpha value is -2.89. The largest absolute Gasteiger partial charge is 0.356 e. The van der Waals surface area contributed by atoms with Gasteiger partial charge >= 0.3 is 0 Å². The number of hydrogen-bond donors (Lipinski definition) is 2. The van der Waals surface area contributed by atoms with E-state index >= 15 is 0 Å². The van der Waals surface area contributed by atoms with Gasteiger partial charge in [-0.25, -0.2) is 0 Å². The number of guanidine groups is 1. The smallest absolute Gasteiger partial charge is 0.241 e. The Morgan fingerprint density at radius 3 is 2.46 bits per heavy atom. The molecule has 1 aromatic carbocycles. The van der Waals surface area contributed by atoms with E-state index < -0.39 is 0 Å². The second-order valence-corrected chi connectivity index (χ2v) is 7.42. The molecule has 150 valence electrons. The van der Waals surface area contributed by atoms with Gasteiger partial charge in [0.15, 0.2) is 5.96 Å². The number of benzene rings is 1. The van der Waals surface area contributed by atoms with Gasteiger partial charge < -0.3 is 15.5 Å². The lowest BCUT2D eigenvalue weighted by molar-refractivity contribution is -0.128. The Labute approximate surface area is 168 Å². The lowest BCUT2D eigenvalue weighted by atomic mass is 9.85. The maximum atomic E-state index is 12.4. The van der Waals surface area contributed by atoms with Crippen LogP contribution in [0.5, 0.6) is 0 Å². The summed E-state index contributed by atoms with van der Waals surface area (Å²) in [6, 6.07) is 16.2. The number of carbonyl (C=O) groups excluding carboxylic acids is 1. The predicted octanol–water partition coefficient (Wildman–Crippen LogP) is 2.23. The summed E-state index contributed by atoms with van der Waals surface area (Å²) in [4.78, 5) is 22.6. The van der Waals surface area contributed by atoms with E-state index in [4.69, 9.17) is 0 Å².